The van der Waals surface area contributed by atoms with Crippen LogP contribution >= 0.6 is 11.8 Å². The van der Waals surface area contributed by atoms with Crippen LogP contribution in [0.1, 0.15) is 31.1 Å². The predicted molar refractivity (Wildman–Crippen MR) is 104 cm³/mol. The van der Waals surface area contributed by atoms with Crippen molar-refractivity contribution in [1.82, 2.24) is 4.57 Å². The molecule has 1 atom stereocenters. The lowest BCUT2D eigenvalue weighted by molar-refractivity contribution is -0.140. The summed E-state index contributed by atoms with van der Waals surface area (Å²) in [5.41, 5.74) is 3.18. The number of aromatic nitrogens is 1. The minimum Gasteiger partial charge on any atom is -0.341 e. The number of hydrogen-bond acceptors (Lipinski definition) is 5. The van der Waals surface area contributed by atoms with Crippen LogP contribution in [0.4, 0.5) is 0 Å². The molecule has 0 radical (unpaired) electrons. The lowest BCUT2D eigenvalue weighted by Gasteiger charge is -2.22. The SMILES string of the molecule is CCn1c2ccccc2c2c3c(ccc21)C(=O)/C(=N\OC(C)=O)C(C)S3. The van der Waals surface area contributed by atoms with Crippen LogP contribution in [-0.2, 0) is 16.2 Å². The first-order valence-corrected chi connectivity index (χ1v) is 9.41. The number of carbonyl (C=O) groups is 2. The van der Waals surface area contributed by atoms with Crippen molar-refractivity contribution in [2.75, 3.05) is 0 Å². The van der Waals surface area contributed by atoms with Crippen LogP contribution in [0, 0.1) is 0 Å². The van der Waals surface area contributed by atoms with Gasteiger partial charge in [0.1, 0.15) is 5.71 Å². The summed E-state index contributed by atoms with van der Waals surface area (Å²) < 4.78 is 2.27. The van der Waals surface area contributed by atoms with Gasteiger partial charge < -0.3 is 9.40 Å². The van der Waals surface area contributed by atoms with E-state index in [0.29, 0.717) is 5.56 Å². The number of nitrogens with zero attached hydrogens (tertiary/aromatic N) is 2. The number of carbonyl (C=O) groups excluding carboxylic acids is 2. The van der Waals surface area contributed by atoms with Crippen molar-refractivity contribution in [3.05, 3.63) is 42.0 Å². The Hall–Kier alpha value is -2.60. The Morgan fingerprint density at radius 1 is 1.23 bits per heavy atom. The van der Waals surface area contributed by atoms with Gasteiger partial charge >= 0.3 is 5.97 Å². The normalized spacial score (nSPS) is 18.5. The zero-order valence-electron chi connectivity index (χ0n) is 14.8. The monoisotopic (exact) mass is 366 g/mol. The zero-order chi connectivity index (χ0) is 18.4. The maximum absolute atomic E-state index is 13.0. The van der Waals surface area contributed by atoms with Crippen molar-refractivity contribution in [1.29, 1.82) is 0 Å². The molecule has 4 rings (SSSR count). The van der Waals surface area contributed by atoms with Gasteiger partial charge in [-0.25, -0.2) is 4.79 Å². The summed E-state index contributed by atoms with van der Waals surface area (Å²) >= 11 is 1.59. The molecule has 0 fully saturated rings. The fraction of sp³-hybridized carbons (Fsp3) is 0.250. The van der Waals surface area contributed by atoms with Crippen molar-refractivity contribution in [3.63, 3.8) is 0 Å². The summed E-state index contributed by atoms with van der Waals surface area (Å²) in [7, 11) is 0. The smallest absolute Gasteiger partial charge is 0.331 e. The number of aryl methyl sites for hydroxylation is 1. The van der Waals surface area contributed by atoms with Crippen molar-refractivity contribution in [2.45, 2.75) is 37.5 Å². The Kier molecular flexibility index (Phi) is 4.07. The number of para-hydroxylation sites is 1. The van der Waals surface area contributed by atoms with E-state index >= 15 is 0 Å². The Morgan fingerprint density at radius 3 is 2.73 bits per heavy atom. The number of hydrogen-bond donors (Lipinski definition) is 0. The molecule has 26 heavy (non-hydrogen) atoms. The van der Waals surface area contributed by atoms with Gasteiger partial charge in [0.2, 0.25) is 5.78 Å². The van der Waals surface area contributed by atoms with E-state index in [0.717, 1.165) is 27.7 Å². The highest BCUT2D eigenvalue weighted by atomic mass is 32.2. The van der Waals surface area contributed by atoms with Crippen LogP contribution in [-0.4, -0.2) is 27.3 Å². The Morgan fingerprint density at radius 2 is 2.00 bits per heavy atom. The molecule has 5 nitrogen and oxygen atoms in total. The summed E-state index contributed by atoms with van der Waals surface area (Å²) in [4.78, 5) is 29.7. The number of oxime groups is 1. The van der Waals surface area contributed by atoms with Gasteiger partial charge in [0.05, 0.1) is 10.8 Å². The molecular weight excluding hydrogens is 348 g/mol. The highest BCUT2D eigenvalue weighted by molar-refractivity contribution is 8.01. The number of Topliss-reactive ketones (excluding diaryl/α,β-unsaturated/α-hetero) is 1. The van der Waals surface area contributed by atoms with Gasteiger partial charge in [-0.1, -0.05) is 23.4 Å². The van der Waals surface area contributed by atoms with Gasteiger partial charge in [-0.15, -0.1) is 11.8 Å². The molecule has 0 bridgehead atoms. The molecule has 0 saturated carbocycles. The summed E-state index contributed by atoms with van der Waals surface area (Å²) in [6.45, 7) is 6.16. The third-order valence-electron chi connectivity index (χ3n) is 4.64. The van der Waals surface area contributed by atoms with Crippen molar-refractivity contribution in [3.8, 4) is 0 Å². The summed E-state index contributed by atoms with van der Waals surface area (Å²) in [5, 5.41) is 5.86. The lowest BCUT2D eigenvalue weighted by atomic mass is 10.0. The van der Waals surface area contributed by atoms with E-state index < -0.39 is 5.97 Å². The standard InChI is InChI=1S/C20H18N2O3S/c1-4-22-15-8-6-5-7-13(15)17-16(22)10-9-14-19(24)18(21-25-12(3)23)11(2)26-20(14)17/h5-11H,4H2,1-3H3/b21-18-. The molecule has 6 heteroatoms. The topological polar surface area (TPSA) is 60.7 Å². The molecule has 0 aliphatic carbocycles. The Bertz CT molecular complexity index is 1100. The van der Waals surface area contributed by atoms with Crippen LogP contribution < -0.4 is 0 Å². The van der Waals surface area contributed by atoms with E-state index in [4.69, 9.17) is 4.84 Å². The molecule has 0 amide bonds. The van der Waals surface area contributed by atoms with Crippen LogP contribution in [0.15, 0.2) is 46.4 Å². The first-order chi connectivity index (χ1) is 12.5. The first kappa shape index (κ1) is 16.8. The van der Waals surface area contributed by atoms with Gasteiger partial charge in [0.15, 0.2) is 0 Å². The average Bonchev–Trinajstić information content (AvgIpc) is 2.95. The number of thioether (sulfide) groups is 1. The quantitative estimate of drug-likeness (QED) is 0.498. The fourth-order valence-corrected chi connectivity index (χ4v) is 4.77. The van der Waals surface area contributed by atoms with Crippen molar-refractivity contribution >= 4 is 51.0 Å². The summed E-state index contributed by atoms with van der Waals surface area (Å²) in [5.74, 6) is -0.711. The molecule has 132 valence electrons. The highest BCUT2D eigenvalue weighted by Gasteiger charge is 2.33. The zero-order valence-corrected chi connectivity index (χ0v) is 15.6. The number of rotatable bonds is 2. The minimum atomic E-state index is -0.533. The molecule has 0 N–H and O–H groups in total. The van der Waals surface area contributed by atoms with Gasteiger partial charge in [0, 0.05) is 40.2 Å². The minimum absolute atomic E-state index is 0.178. The molecule has 1 aliphatic rings. The predicted octanol–water partition coefficient (Wildman–Crippen LogP) is 4.41. The molecule has 3 aromatic rings. The van der Waals surface area contributed by atoms with Crippen molar-refractivity contribution < 1.29 is 14.4 Å². The maximum atomic E-state index is 13.0. The van der Waals surface area contributed by atoms with Gasteiger partial charge in [-0.2, -0.15) is 0 Å². The van der Waals surface area contributed by atoms with Gasteiger partial charge in [-0.05, 0) is 32.0 Å². The molecule has 0 saturated heterocycles. The third-order valence-corrected chi connectivity index (χ3v) is 5.87. The van der Waals surface area contributed by atoms with Gasteiger partial charge in [0.25, 0.3) is 0 Å². The molecule has 2 heterocycles. The number of fused-ring (bicyclic) bond motifs is 5. The average molecular weight is 366 g/mol. The van der Waals surface area contributed by atoms with Crippen LogP contribution in [0.5, 0.6) is 0 Å². The van der Waals surface area contributed by atoms with Crippen molar-refractivity contribution in [2.24, 2.45) is 5.16 Å². The van der Waals surface area contributed by atoms with Crippen LogP contribution in [0.25, 0.3) is 21.8 Å². The second-order valence-corrected chi connectivity index (χ2v) is 7.60. The highest BCUT2D eigenvalue weighted by Crippen LogP contribution is 2.43. The Labute approximate surface area is 155 Å². The molecule has 0 spiro atoms. The second-order valence-electron chi connectivity index (χ2n) is 6.25. The number of ketones is 1. The Balaban J connectivity index is 1.98. The van der Waals surface area contributed by atoms with E-state index in [1.807, 2.05) is 31.2 Å². The first-order valence-electron chi connectivity index (χ1n) is 8.53. The number of benzene rings is 2. The van der Waals surface area contributed by atoms with E-state index in [1.165, 1.54) is 12.4 Å². The molecule has 1 aliphatic heterocycles. The van der Waals surface area contributed by atoms with E-state index in [-0.39, 0.29) is 16.7 Å². The second kappa shape index (κ2) is 6.29. The summed E-state index contributed by atoms with van der Waals surface area (Å²) in [6.07, 6.45) is 0. The fourth-order valence-electron chi connectivity index (χ4n) is 3.53. The largest absolute Gasteiger partial charge is 0.341 e. The molecule has 2 aromatic carbocycles. The van der Waals surface area contributed by atoms with Gasteiger partial charge in [-0.3, -0.25) is 4.79 Å². The third kappa shape index (κ3) is 2.44. The van der Waals surface area contributed by atoms with E-state index in [1.54, 1.807) is 11.8 Å². The molecular formula is C20H18N2O3S. The van der Waals surface area contributed by atoms with Crippen LogP contribution in [0.2, 0.25) is 0 Å². The maximum Gasteiger partial charge on any atom is 0.331 e. The molecule has 1 aromatic heterocycles. The molecule has 1 unspecified atom stereocenters. The lowest BCUT2D eigenvalue weighted by Crippen LogP contribution is -2.29. The van der Waals surface area contributed by atoms with E-state index in [9.17, 15) is 9.59 Å². The van der Waals surface area contributed by atoms with Crippen LogP contribution in [0.3, 0.4) is 0 Å². The summed E-state index contributed by atoms with van der Waals surface area (Å²) in [6, 6.07) is 12.1. The van der Waals surface area contributed by atoms with E-state index in [2.05, 4.69) is 28.8 Å².